The Morgan fingerprint density at radius 2 is 1.97 bits per heavy atom. The first-order valence-electron chi connectivity index (χ1n) is 11.8. The maximum Gasteiger partial charge on any atom is 0.417 e. The molecule has 1 N–H and O–H groups in total. The number of carbonyl (C=O) groups is 1. The highest BCUT2D eigenvalue weighted by Gasteiger charge is 2.30. The second-order valence-corrected chi connectivity index (χ2v) is 9.69. The summed E-state index contributed by atoms with van der Waals surface area (Å²) in [5.74, 6) is 0. The molecule has 6 nitrogen and oxygen atoms in total. The Labute approximate surface area is 226 Å². The maximum atomic E-state index is 13.3. The molecule has 5 rings (SSSR count). The van der Waals surface area contributed by atoms with Crippen molar-refractivity contribution in [3.63, 3.8) is 0 Å². The number of para-hydroxylation sites is 1. The van der Waals surface area contributed by atoms with E-state index >= 15 is 0 Å². The fourth-order valence-corrected chi connectivity index (χ4v) is 5.06. The van der Waals surface area contributed by atoms with Crippen LogP contribution in [0.3, 0.4) is 0 Å². The summed E-state index contributed by atoms with van der Waals surface area (Å²) in [5.41, 5.74) is 3.10. The summed E-state index contributed by atoms with van der Waals surface area (Å²) in [4.78, 5) is 23.4. The van der Waals surface area contributed by atoms with Gasteiger partial charge >= 0.3 is 12.2 Å². The fraction of sp³-hybridized carbons (Fsp3) is 0.222. The van der Waals surface area contributed by atoms with Crippen molar-refractivity contribution in [1.82, 2.24) is 24.8 Å². The molecule has 1 aromatic carbocycles. The van der Waals surface area contributed by atoms with Crippen LogP contribution in [0.1, 0.15) is 28.1 Å². The monoisotopic (exact) mass is 559 g/mol. The molecule has 0 saturated heterocycles. The molecule has 11 heteroatoms. The van der Waals surface area contributed by atoms with E-state index in [9.17, 15) is 18.0 Å². The molecule has 0 spiro atoms. The van der Waals surface area contributed by atoms with Gasteiger partial charge in [0.25, 0.3) is 0 Å². The predicted molar refractivity (Wildman–Crippen MR) is 141 cm³/mol. The van der Waals surface area contributed by atoms with E-state index in [0.29, 0.717) is 47.4 Å². The van der Waals surface area contributed by atoms with Crippen molar-refractivity contribution in [2.45, 2.75) is 25.7 Å². The van der Waals surface area contributed by atoms with E-state index in [0.717, 1.165) is 34.5 Å². The summed E-state index contributed by atoms with van der Waals surface area (Å²) in [6.07, 6.45) is 2.21. The molecule has 1 aliphatic heterocycles. The number of hydrogen-bond donors (Lipinski definition) is 1. The van der Waals surface area contributed by atoms with Gasteiger partial charge in [-0.2, -0.15) is 13.2 Å². The number of hydrogen-bond acceptors (Lipinski definition) is 4. The van der Waals surface area contributed by atoms with Crippen molar-refractivity contribution in [2.24, 2.45) is 0 Å². The normalized spacial score (nSPS) is 14.2. The minimum Gasteiger partial charge on any atom is -0.333 e. The van der Waals surface area contributed by atoms with Gasteiger partial charge in [-0.1, -0.05) is 41.4 Å². The van der Waals surface area contributed by atoms with Gasteiger partial charge in [0.05, 0.1) is 21.8 Å². The lowest BCUT2D eigenvalue weighted by molar-refractivity contribution is -0.137. The van der Waals surface area contributed by atoms with Gasteiger partial charge in [-0.05, 0) is 47.5 Å². The van der Waals surface area contributed by atoms with E-state index in [4.69, 9.17) is 23.2 Å². The number of nitrogens with one attached hydrogen (secondary N) is 1. The number of pyridine rings is 2. The number of nitrogens with zero attached hydrogens (tertiary/aromatic N) is 4. The van der Waals surface area contributed by atoms with Crippen LogP contribution in [0.15, 0.2) is 60.9 Å². The summed E-state index contributed by atoms with van der Waals surface area (Å²) in [7, 11) is 0. The molecular formula is C27H22Cl2F3N5O. The van der Waals surface area contributed by atoms with Gasteiger partial charge in [-0.25, -0.2) is 9.78 Å². The number of fused-ring (bicyclic) bond motifs is 3. The summed E-state index contributed by atoms with van der Waals surface area (Å²) < 4.78 is 39.9. The molecule has 0 unspecified atom stereocenters. The number of halogens is 5. The Hall–Kier alpha value is -3.40. The minimum atomic E-state index is -4.41. The summed E-state index contributed by atoms with van der Waals surface area (Å²) >= 11 is 12.5. The zero-order valence-corrected chi connectivity index (χ0v) is 21.5. The van der Waals surface area contributed by atoms with E-state index in [-0.39, 0.29) is 12.6 Å². The van der Waals surface area contributed by atoms with Gasteiger partial charge in [0.1, 0.15) is 5.15 Å². The number of amides is 1. The van der Waals surface area contributed by atoms with Crippen molar-refractivity contribution in [3.05, 3.63) is 99.2 Å². The van der Waals surface area contributed by atoms with Crippen LogP contribution in [0.25, 0.3) is 17.0 Å². The molecule has 4 heterocycles. The number of aromatic nitrogens is 3. The summed E-state index contributed by atoms with van der Waals surface area (Å²) in [6.45, 7) is 2.15. The first-order chi connectivity index (χ1) is 18.2. The van der Waals surface area contributed by atoms with E-state index in [1.165, 1.54) is 6.07 Å². The molecule has 38 heavy (non-hydrogen) atoms. The molecule has 0 atom stereocenters. The molecule has 0 saturated carbocycles. The highest BCUT2D eigenvalue weighted by atomic mass is 35.5. The summed E-state index contributed by atoms with van der Waals surface area (Å²) in [5, 5.41) is 4.70. The lowest BCUT2D eigenvalue weighted by Gasteiger charge is -2.27. The van der Waals surface area contributed by atoms with E-state index in [2.05, 4.69) is 20.2 Å². The fourth-order valence-electron chi connectivity index (χ4n) is 4.60. The standard InChI is InChI=1S/C27H22Cl2F3N5O/c28-22-5-1-4-20-21-16-36(11-2-3-19-7-6-18(15-34-19)27(30,31)32)12-9-23(21)37(25(20)22)26(38)35-14-17-8-10-33-24(29)13-17/h1-8,10,13,15H,9,11-12,14,16H2,(H,35,38). The van der Waals surface area contributed by atoms with Gasteiger partial charge in [0, 0.05) is 56.1 Å². The molecule has 4 aromatic rings. The minimum absolute atomic E-state index is 0.279. The van der Waals surface area contributed by atoms with Crippen LogP contribution in [0.4, 0.5) is 18.0 Å². The Morgan fingerprint density at radius 1 is 1.13 bits per heavy atom. The van der Waals surface area contributed by atoms with Gasteiger partial charge in [0.15, 0.2) is 0 Å². The predicted octanol–water partition coefficient (Wildman–Crippen LogP) is 6.59. The average Bonchev–Trinajstić information content (AvgIpc) is 3.22. The van der Waals surface area contributed by atoms with Crippen LogP contribution in [0, 0.1) is 0 Å². The Morgan fingerprint density at radius 3 is 2.71 bits per heavy atom. The van der Waals surface area contributed by atoms with Crippen molar-refractivity contribution in [1.29, 1.82) is 0 Å². The first kappa shape index (κ1) is 26.2. The number of alkyl halides is 3. The lowest BCUT2D eigenvalue weighted by Crippen LogP contribution is -2.34. The van der Waals surface area contributed by atoms with Crippen molar-refractivity contribution in [2.75, 3.05) is 13.1 Å². The number of benzene rings is 1. The molecule has 0 radical (unpaired) electrons. The smallest absolute Gasteiger partial charge is 0.333 e. The topological polar surface area (TPSA) is 63.1 Å². The summed E-state index contributed by atoms with van der Waals surface area (Å²) in [6, 6.07) is 11.2. The third-order valence-corrected chi connectivity index (χ3v) is 6.92. The average molecular weight is 560 g/mol. The van der Waals surface area contributed by atoms with Crippen molar-refractivity contribution >= 4 is 46.2 Å². The Kier molecular flexibility index (Phi) is 7.43. The van der Waals surface area contributed by atoms with Crippen LogP contribution in [0.2, 0.25) is 10.2 Å². The number of rotatable bonds is 5. The maximum absolute atomic E-state index is 13.3. The molecule has 196 valence electrons. The third kappa shape index (κ3) is 5.55. The Bertz CT molecular complexity index is 1520. The SMILES string of the molecule is O=C(NCc1ccnc(Cl)c1)n1c2c(c3cccc(Cl)c31)CN(CC=Cc1ccc(C(F)(F)F)cn1)CC2. The van der Waals surface area contributed by atoms with Gasteiger partial charge < -0.3 is 5.32 Å². The van der Waals surface area contributed by atoms with Gasteiger partial charge in [-0.3, -0.25) is 14.5 Å². The highest BCUT2D eigenvalue weighted by Crippen LogP contribution is 2.35. The third-order valence-electron chi connectivity index (χ3n) is 6.40. The molecule has 0 bridgehead atoms. The second-order valence-electron chi connectivity index (χ2n) is 8.90. The quantitative estimate of drug-likeness (QED) is 0.280. The molecular weight excluding hydrogens is 538 g/mol. The highest BCUT2D eigenvalue weighted by molar-refractivity contribution is 6.35. The van der Waals surface area contributed by atoms with Gasteiger partial charge in [0.2, 0.25) is 0 Å². The molecule has 1 aliphatic rings. The van der Waals surface area contributed by atoms with E-state index in [1.54, 1.807) is 35.0 Å². The van der Waals surface area contributed by atoms with Crippen LogP contribution < -0.4 is 5.32 Å². The van der Waals surface area contributed by atoms with Gasteiger partial charge in [-0.15, -0.1) is 0 Å². The zero-order chi connectivity index (χ0) is 26.9. The van der Waals surface area contributed by atoms with Crippen LogP contribution in [0.5, 0.6) is 0 Å². The van der Waals surface area contributed by atoms with Crippen LogP contribution in [-0.4, -0.2) is 38.6 Å². The van der Waals surface area contributed by atoms with E-state index < -0.39 is 11.7 Å². The Balaban J connectivity index is 1.33. The van der Waals surface area contributed by atoms with Crippen molar-refractivity contribution in [3.8, 4) is 0 Å². The van der Waals surface area contributed by atoms with Crippen molar-refractivity contribution < 1.29 is 18.0 Å². The second kappa shape index (κ2) is 10.8. The largest absolute Gasteiger partial charge is 0.417 e. The zero-order valence-electron chi connectivity index (χ0n) is 20.0. The number of carbonyl (C=O) groups excluding carboxylic acids is 1. The van der Waals surface area contributed by atoms with E-state index in [1.807, 2.05) is 18.2 Å². The molecule has 0 aliphatic carbocycles. The molecule has 3 aromatic heterocycles. The lowest BCUT2D eigenvalue weighted by atomic mass is 10.0. The molecule has 0 fully saturated rings. The molecule has 1 amide bonds. The van der Waals surface area contributed by atoms with Crippen LogP contribution >= 0.6 is 23.2 Å². The van der Waals surface area contributed by atoms with Crippen LogP contribution in [-0.2, 0) is 25.7 Å². The first-order valence-corrected chi connectivity index (χ1v) is 12.6.